The molecule has 0 amide bonds. The first kappa shape index (κ1) is 21.6. The minimum atomic E-state index is 0.328. The normalized spacial score (nSPS) is 11.1. The predicted octanol–water partition coefficient (Wildman–Crippen LogP) is 7.98. The number of hydrogen-bond donors (Lipinski definition) is 0. The fraction of sp³-hybridized carbons (Fsp3) is 0.214. The van der Waals surface area contributed by atoms with E-state index in [0.29, 0.717) is 23.6 Å². The SMILES string of the molecule is CC(C)c1ccc(-c2ccc(C(C)C)c(Oc3ccccn3)c2)cc1Oc1ccccn1. The van der Waals surface area contributed by atoms with Gasteiger partial charge in [0, 0.05) is 24.5 Å². The predicted molar refractivity (Wildman–Crippen MR) is 129 cm³/mol. The van der Waals surface area contributed by atoms with Crippen LogP contribution in [0.5, 0.6) is 23.3 Å². The zero-order chi connectivity index (χ0) is 22.5. The number of ether oxygens (including phenoxy) is 2. The van der Waals surface area contributed by atoms with E-state index in [1.165, 1.54) is 0 Å². The summed E-state index contributed by atoms with van der Waals surface area (Å²) in [6.45, 7) is 8.65. The summed E-state index contributed by atoms with van der Waals surface area (Å²) in [5, 5.41) is 0. The molecule has 0 unspecified atom stereocenters. The van der Waals surface area contributed by atoms with Crippen molar-refractivity contribution in [1.82, 2.24) is 9.97 Å². The molecule has 162 valence electrons. The van der Waals surface area contributed by atoms with E-state index in [2.05, 4.69) is 74.1 Å². The third-order valence-corrected chi connectivity index (χ3v) is 5.31. The van der Waals surface area contributed by atoms with E-state index in [0.717, 1.165) is 33.8 Å². The molecule has 4 heteroatoms. The standard InChI is InChI=1S/C28H28N2O2/c1-19(2)23-13-11-21(17-25(23)31-27-9-5-7-15-29-27)22-12-14-24(20(3)4)26(18-22)32-28-10-6-8-16-30-28/h5-20H,1-4H3. The van der Waals surface area contributed by atoms with E-state index < -0.39 is 0 Å². The van der Waals surface area contributed by atoms with Crippen molar-refractivity contribution in [2.75, 3.05) is 0 Å². The van der Waals surface area contributed by atoms with Crippen LogP contribution in [0.4, 0.5) is 0 Å². The maximum atomic E-state index is 6.17. The van der Waals surface area contributed by atoms with Crippen LogP contribution in [0.15, 0.2) is 85.2 Å². The molecular formula is C28H28N2O2. The molecular weight excluding hydrogens is 396 g/mol. The molecule has 0 aliphatic carbocycles. The van der Waals surface area contributed by atoms with Crippen molar-refractivity contribution in [2.24, 2.45) is 0 Å². The maximum absolute atomic E-state index is 6.17. The van der Waals surface area contributed by atoms with Crippen molar-refractivity contribution in [1.29, 1.82) is 0 Å². The van der Waals surface area contributed by atoms with E-state index in [4.69, 9.17) is 9.47 Å². The van der Waals surface area contributed by atoms with Crippen LogP contribution in [0.3, 0.4) is 0 Å². The van der Waals surface area contributed by atoms with E-state index in [9.17, 15) is 0 Å². The Hall–Kier alpha value is -3.66. The first-order chi connectivity index (χ1) is 15.5. The molecule has 2 heterocycles. The molecule has 4 nitrogen and oxygen atoms in total. The van der Waals surface area contributed by atoms with Crippen LogP contribution in [-0.4, -0.2) is 9.97 Å². The Kier molecular flexibility index (Phi) is 6.50. The summed E-state index contributed by atoms with van der Waals surface area (Å²) in [4.78, 5) is 8.64. The number of pyridine rings is 2. The summed E-state index contributed by atoms with van der Waals surface area (Å²) in [6.07, 6.45) is 3.47. The summed E-state index contributed by atoms with van der Waals surface area (Å²) in [7, 11) is 0. The molecule has 0 saturated heterocycles. The van der Waals surface area contributed by atoms with Gasteiger partial charge in [-0.25, -0.2) is 9.97 Å². The number of aromatic nitrogens is 2. The summed E-state index contributed by atoms with van der Waals surface area (Å²) >= 11 is 0. The Morgan fingerprint density at radius 3 is 1.34 bits per heavy atom. The molecule has 0 bridgehead atoms. The second-order valence-electron chi connectivity index (χ2n) is 8.35. The zero-order valence-electron chi connectivity index (χ0n) is 18.9. The highest BCUT2D eigenvalue weighted by Crippen LogP contribution is 2.38. The van der Waals surface area contributed by atoms with Gasteiger partial charge in [0.25, 0.3) is 0 Å². The van der Waals surface area contributed by atoms with Gasteiger partial charge in [0.15, 0.2) is 0 Å². The summed E-state index contributed by atoms with van der Waals surface area (Å²) in [5.41, 5.74) is 4.40. The van der Waals surface area contributed by atoms with Crippen molar-refractivity contribution in [3.63, 3.8) is 0 Å². The first-order valence-electron chi connectivity index (χ1n) is 11.0. The van der Waals surface area contributed by atoms with Crippen molar-refractivity contribution in [3.8, 4) is 34.4 Å². The molecule has 0 aliphatic rings. The van der Waals surface area contributed by atoms with E-state index in [-0.39, 0.29) is 0 Å². The van der Waals surface area contributed by atoms with Crippen LogP contribution in [-0.2, 0) is 0 Å². The Morgan fingerprint density at radius 2 is 1.00 bits per heavy atom. The molecule has 0 radical (unpaired) electrons. The number of nitrogens with zero attached hydrogens (tertiary/aromatic N) is 2. The molecule has 0 saturated carbocycles. The lowest BCUT2D eigenvalue weighted by Gasteiger charge is -2.17. The van der Waals surface area contributed by atoms with Crippen molar-refractivity contribution >= 4 is 0 Å². The van der Waals surface area contributed by atoms with Crippen LogP contribution < -0.4 is 9.47 Å². The van der Waals surface area contributed by atoms with Gasteiger partial charge in [0.2, 0.25) is 11.8 Å². The Morgan fingerprint density at radius 1 is 0.562 bits per heavy atom. The average Bonchev–Trinajstić information content (AvgIpc) is 2.80. The fourth-order valence-corrected chi connectivity index (χ4v) is 3.60. The molecule has 4 aromatic rings. The quantitative estimate of drug-likeness (QED) is 0.302. The fourth-order valence-electron chi connectivity index (χ4n) is 3.60. The lowest BCUT2D eigenvalue weighted by Crippen LogP contribution is -1.97. The largest absolute Gasteiger partial charge is 0.439 e. The summed E-state index contributed by atoms with van der Waals surface area (Å²) in [5.74, 6) is 3.46. The molecule has 0 N–H and O–H groups in total. The molecule has 32 heavy (non-hydrogen) atoms. The van der Waals surface area contributed by atoms with Gasteiger partial charge >= 0.3 is 0 Å². The molecule has 0 spiro atoms. The van der Waals surface area contributed by atoms with Gasteiger partial charge in [-0.15, -0.1) is 0 Å². The van der Waals surface area contributed by atoms with E-state index >= 15 is 0 Å². The molecule has 0 atom stereocenters. The molecule has 4 rings (SSSR count). The van der Waals surface area contributed by atoms with Crippen LogP contribution in [0.25, 0.3) is 11.1 Å². The van der Waals surface area contributed by atoms with Crippen molar-refractivity contribution in [3.05, 3.63) is 96.3 Å². The van der Waals surface area contributed by atoms with Gasteiger partial charge in [0.05, 0.1) is 0 Å². The van der Waals surface area contributed by atoms with Crippen molar-refractivity contribution in [2.45, 2.75) is 39.5 Å². The highest BCUT2D eigenvalue weighted by atomic mass is 16.5. The van der Waals surface area contributed by atoms with Gasteiger partial charge < -0.3 is 9.47 Å². The molecule has 0 aliphatic heterocycles. The van der Waals surface area contributed by atoms with Gasteiger partial charge in [-0.2, -0.15) is 0 Å². The number of rotatable bonds is 7. The Bertz CT molecular complexity index is 1080. The lowest BCUT2D eigenvalue weighted by atomic mass is 9.95. The lowest BCUT2D eigenvalue weighted by molar-refractivity contribution is 0.453. The van der Waals surface area contributed by atoms with Crippen LogP contribution in [0, 0.1) is 0 Å². The van der Waals surface area contributed by atoms with E-state index in [1.54, 1.807) is 12.4 Å². The van der Waals surface area contributed by atoms with Crippen LogP contribution >= 0.6 is 0 Å². The third kappa shape index (κ3) is 4.97. The number of hydrogen-bond acceptors (Lipinski definition) is 4. The second-order valence-corrected chi connectivity index (χ2v) is 8.35. The topological polar surface area (TPSA) is 44.2 Å². The highest BCUT2D eigenvalue weighted by Gasteiger charge is 2.15. The van der Waals surface area contributed by atoms with Gasteiger partial charge in [-0.1, -0.05) is 64.1 Å². The molecule has 0 fully saturated rings. The molecule has 2 aromatic heterocycles. The summed E-state index contributed by atoms with van der Waals surface area (Å²) in [6, 6.07) is 24.0. The highest BCUT2D eigenvalue weighted by molar-refractivity contribution is 5.69. The zero-order valence-corrected chi connectivity index (χ0v) is 18.9. The van der Waals surface area contributed by atoms with Crippen molar-refractivity contribution < 1.29 is 9.47 Å². The second kappa shape index (κ2) is 9.65. The smallest absolute Gasteiger partial charge is 0.219 e. The third-order valence-electron chi connectivity index (χ3n) is 5.31. The minimum Gasteiger partial charge on any atom is -0.439 e. The monoisotopic (exact) mass is 424 g/mol. The Balaban J connectivity index is 1.74. The van der Waals surface area contributed by atoms with Crippen LogP contribution in [0.1, 0.15) is 50.7 Å². The van der Waals surface area contributed by atoms with Gasteiger partial charge in [0.1, 0.15) is 11.5 Å². The molecule has 2 aromatic carbocycles. The number of benzene rings is 2. The van der Waals surface area contributed by atoms with Gasteiger partial charge in [-0.05, 0) is 58.4 Å². The van der Waals surface area contributed by atoms with Gasteiger partial charge in [-0.3, -0.25) is 0 Å². The minimum absolute atomic E-state index is 0.328. The Labute approximate surface area is 189 Å². The average molecular weight is 425 g/mol. The summed E-state index contributed by atoms with van der Waals surface area (Å²) < 4.78 is 12.3. The van der Waals surface area contributed by atoms with E-state index in [1.807, 2.05) is 36.4 Å². The maximum Gasteiger partial charge on any atom is 0.219 e. The first-order valence-corrected chi connectivity index (χ1v) is 11.0. The van der Waals surface area contributed by atoms with Crippen LogP contribution in [0.2, 0.25) is 0 Å².